The Hall–Kier alpha value is -1.58. The summed E-state index contributed by atoms with van der Waals surface area (Å²) >= 11 is 6.06. The number of rotatable bonds is 7. The van der Waals surface area contributed by atoms with E-state index < -0.39 is 0 Å². The average molecular weight is 291 g/mol. The molecule has 4 heteroatoms. The molecule has 0 amide bonds. The van der Waals surface area contributed by atoms with Gasteiger partial charge >= 0.3 is 0 Å². The number of hydrogen-bond donors (Lipinski definition) is 1. The van der Waals surface area contributed by atoms with E-state index in [4.69, 9.17) is 16.3 Å². The van der Waals surface area contributed by atoms with Gasteiger partial charge in [-0.05, 0) is 31.0 Å². The van der Waals surface area contributed by atoms with Gasteiger partial charge in [0.1, 0.15) is 0 Å². The number of nitrogens with one attached hydrogen (secondary N) is 1. The summed E-state index contributed by atoms with van der Waals surface area (Å²) < 4.78 is 5.67. The van der Waals surface area contributed by atoms with E-state index in [1.54, 1.807) is 6.20 Å². The maximum absolute atomic E-state index is 6.06. The second-order valence-electron chi connectivity index (χ2n) is 4.58. The molecule has 0 unspecified atom stereocenters. The van der Waals surface area contributed by atoms with Crippen molar-refractivity contribution in [3.8, 4) is 5.88 Å². The van der Waals surface area contributed by atoms with Crippen molar-refractivity contribution in [2.45, 2.75) is 19.4 Å². The van der Waals surface area contributed by atoms with Crippen molar-refractivity contribution in [1.29, 1.82) is 0 Å². The summed E-state index contributed by atoms with van der Waals surface area (Å²) in [6.07, 6.45) is 3.62. The fourth-order valence-electron chi connectivity index (χ4n) is 1.96. The first-order valence-corrected chi connectivity index (χ1v) is 7.13. The molecule has 2 rings (SSSR count). The summed E-state index contributed by atoms with van der Waals surface area (Å²) in [6, 6.07) is 12.3. The molecule has 0 radical (unpaired) electrons. The Morgan fingerprint density at radius 2 is 2.05 bits per heavy atom. The molecule has 0 aliphatic carbocycles. The molecule has 1 N–H and O–H groups in total. The Bertz CT molecular complexity index is 531. The lowest BCUT2D eigenvalue weighted by Crippen LogP contribution is -2.07. The van der Waals surface area contributed by atoms with Crippen LogP contribution in [0.2, 0.25) is 5.02 Å². The summed E-state index contributed by atoms with van der Waals surface area (Å²) in [5, 5.41) is 3.74. The molecule has 0 bridgehead atoms. The van der Waals surface area contributed by atoms with Crippen molar-refractivity contribution < 1.29 is 4.74 Å². The van der Waals surface area contributed by atoms with Gasteiger partial charge in [-0.1, -0.05) is 41.9 Å². The summed E-state index contributed by atoms with van der Waals surface area (Å²) in [6.45, 7) is 1.37. The van der Waals surface area contributed by atoms with Gasteiger partial charge in [0.2, 0.25) is 5.88 Å². The second-order valence-corrected chi connectivity index (χ2v) is 4.99. The van der Waals surface area contributed by atoms with Gasteiger partial charge in [-0.15, -0.1) is 0 Å². The molecule has 20 heavy (non-hydrogen) atoms. The van der Waals surface area contributed by atoms with Crippen molar-refractivity contribution >= 4 is 11.6 Å². The highest BCUT2D eigenvalue weighted by Crippen LogP contribution is 2.19. The van der Waals surface area contributed by atoms with Crippen LogP contribution in [-0.4, -0.2) is 18.6 Å². The zero-order valence-corrected chi connectivity index (χ0v) is 12.4. The van der Waals surface area contributed by atoms with Gasteiger partial charge in [0.25, 0.3) is 0 Å². The fraction of sp³-hybridized carbons (Fsp3) is 0.312. The molecule has 0 saturated carbocycles. The number of ether oxygens (including phenoxy) is 1. The monoisotopic (exact) mass is 290 g/mol. The number of aromatic nitrogens is 1. The van der Waals surface area contributed by atoms with E-state index in [0.717, 1.165) is 18.4 Å². The SMILES string of the molecule is CNCc1cc(OCCCc2ccccc2)ncc1Cl. The van der Waals surface area contributed by atoms with Crippen molar-refractivity contribution in [2.24, 2.45) is 0 Å². The van der Waals surface area contributed by atoms with Crippen LogP contribution in [0.3, 0.4) is 0 Å². The molecule has 2 aromatic rings. The number of hydrogen-bond acceptors (Lipinski definition) is 3. The van der Waals surface area contributed by atoms with E-state index in [-0.39, 0.29) is 0 Å². The van der Waals surface area contributed by atoms with Gasteiger partial charge in [-0.2, -0.15) is 0 Å². The van der Waals surface area contributed by atoms with Crippen LogP contribution in [0.4, 0.5) is 0 Å². The van der Waals surface area contributed by atoms with Crippen LogP contribution in [-0.2, 0) is 13.0 Å². The summed E-state index contributed by atoms with van der Waals surface area (Å²) in [5.74, 6) is 0.632. The Morgan fingerprint density at radius 3 is 2.80 bits per heavy atom. The van der Waals surface area contributed by atoms with Gasteiger partial charge in [0.15, 0.2) is 0 Å². The third-order valence-corrected chi connectivity index (χ3v) is 3.32. The Kier molecular flexibility index (Phi) is 5.84. The number of nitrogens with zero attached hydrogens (tertiary/aromatic N) is 1. The van der Waals surface area contributed by atoms with Crippen LogP contribution < -0.4 is 10.1 Å². The molecule has 0 aliphatic rings. The van der Waals surface area contributed by atoms with E-state index in [1.807, 2.05) is 19.2 Å². The predicted octanol–water partition coefficient (Wildman–Crippen LogP) is 3.47. The predicted molar refractivity (Wildman–Crippen MR) is 82.3 cm³/mol. The van der Waals surface area contributed by atoms with E-state index >= 15 is 0 Å². The van der Waals surface area contributed by atoms with Crippen molar-refractivity contribution in [3.05, 3.63) is 58.7 Å². The maximum Gasteiger partial charge on any atom is 0.213 e. The minimum Gasteiger partial charge on any atom is -0.478 e. The highest BCUT2D eigenvalue weighted by Gasteiger charge is 2.03. The van der Waals surface area contributed by atoms with Gasteiger partial charge in [0.05, 0.1) is 11.6 Å². The zero-order valence-electron chi connectivity index (χ0n) is 11.6. The molecule has 0 spiro atoms. The van der Waals surface area contributed by atoms with Crippen molar-refractivity contribution in [3.63, 3.8) is 0 Å². The highest BCUT2D eigenvalue weighted by molar-refractivity contribution is 6.31. The largest absolute Gasteiger partial charge is 0.478 e. The molecule has 0 aliphatic heterocycles. The van der Waals surface area contributed by atoms with Crippen molar-refractivity contribution in [2.75, 3.05) is 13.7 Å². The molecular weight excluding hydrogens is 272 g/mol. The first-order valence-electron chi connectivity index (χ1n) is 6.75. The molecule has 3 nitrogen and oxygen atoms in total. The first kappa shape index (κ1) is 14.8. The van der Waals surface area contributed by atoms with E-state index in [9.17, 15) is 0 Å². The Labute approximate surface area is 124 Å². The van der Waals surface area contributed by atoms with Crippen LogP contribution in [0.25, 0.3) is 0 Å². The molecule has 0 atom stereocenters. The fourth-order valence-corrected chi connectivity index (χ4v) is 2.13. The quantitative estimate of drug-likeness (QED) is 0.793. The lowest BCUT2D eigenvalue weighted by Gasteiger charge is -2.08. The highest BCUT2D eigenvalue weighted by atomic mass is 35.5. The first-order chi connectivity index (χ1) is 9.79. The summed E-state index contributed by atoms with van der Waals surface area (Å²) in [5.41, 5.74) is 2.33. The Balaban J connectivity index is 1.80. The van der Waals surface area contributed by atoms with Crippen LogP contribution in [0.15, 0.2) is 42.6 Å². The third kappa shape index (κ3) is 4.51. The molecule has 0 fully saturated rings. The van der Waals surface area contributed by atoms with E-state index in [2.05, 4.69) is 34.6 Å². The summed E-state index contributed by atoms with van der Waals surface area (Å²) in [4.78, 5) is 4.18. The van der Waals surface area contributed by atoms with Crippen molar-refractivity contribution in [1.82, 2.24) is 10.3 Å². The molecular formula is C16H19ClN2O. The molecule has 0 saturated heterocycles. The van der Waals surface area contributed by atoms with Gasteiger partial charge in [-0.25, -0.2) is 4.98 Å². The Morgan fingerprint density at radius 1 is 1.25 bits per heavy atom. The second kappa shape index (κ2) is 7.88. The minimum absolute atomic E-state index is 0.632. The number of halogens is 1. The lowest BCUT2D eigenvalue weighted by atomic mass is 10.1. The van der Waals surface area contributed by atoms with E-state index in [0.29, 0.717) is 24.1 Å². The normalized spacial score (nSPS) is 10.5. The summed E-state index contributed by atoms with van der Waals surface area (Å²) in [7, 11) is 1.89. The number of benzene rings is 1. The van der Waals surface area contributed by atoms with Crippen LogP contribution in [0, 0.1) is 0 Å². The zero-order chi connectivity index (χ0) is 14.2. The number of pyridine rings is 1. The smallest absolute Gasteiger partial charge is 0.213 e. The van der Waals surface area contributed by atoms with Crippen LogP contribution in [0.5, 0.6) is 5.88 Å². The molecule has 1 aromatic carbocycles. The van der Waals surface area contributed by atoms with E-state index in [1.165, 1.54) is 5.56 Å². The maximum atomic E-state index is 6.06. The number of aryl methyl sites for hydroxylation is 1. The van der Waals surface area contributed by atoms with Gasteiger partial charge in [-0.3, -0.25) is 0 Å². The molecule has 1 aromatic heterocycles. The van der Waals surface area contributed by atoms with Gasteiger partial charge < -0.3 is 10.1 Å². The standard InChI is InChI=1S/C16H19ClN2O/c1-18-11-14-10-16(19-12-15(14)17)20-9-5-8-13-6-3-2-4-7-13/h2-4,6-7,10,12,18H,5,8-9,11H2,1H3. The van der Waals surface area contributed by atoms with Gasteiger partial charge in [0, 0.05) is 18.8 Å². The molecule has 1 heterocycles. The van der Waals surface area contributed by atoms with Crippen LogP contribution in [0.1, 0.15) is 17.5 Å². The minimum atomic E-state index is 0.632. The van der Waals surface area contributed by atoms with Crippen LogP contribution >= 0.6 is 11.6 Å². The molecule has 106 valence electrons. The lowest BCUT2D eigenvalue weighted by molar-refractivity contribution is 0.299. The topological polar surface area (TPSA) is 34.1 Å². The average Bonchev–Trinajstić information content (AvgIpc) is 2.48. The third-order valence-electron chi connectivity index (χ3n) is 2.98.